The highest BCUT2D eigenvalue weighted by atomic mass is 32.1. The Balaban J connectivity index is 1.56. The van der Waals surface area contributed by atoms with Gasteiger partial charge in [0, 0.05) is 30.9 Å². The van der Waals surface area contributed by atoms with Crippen molar-refractivity contribution in [3.63, 3.8) is 0 Å². The van der Waals surface area contributed by atoms with Gasteiger partial charge >= 0.3 is 0 Å². The zero-order valence-corrected chi connectivity index (χ0v) is 11.6. The number of hydrogen-bond acceptors (Lipinski definition) is 3. The molecule has 1 aromatic rings. The Morgan fingerprint density at radius 2 is 1.94 bits per heavy atom. The van der Waals surface area contributed by atoms with E-state index in [0.717, 1.165) is 25.6 Å². The van der Waals surface area contributed by atoms with E-state index in [9.17, 15) is 4.39 Å². The van der Waals surface area contributed by atoms with Crippen LogP contribution < -0.4 is 0 Å². The van der Waals surface area contributed by atoms with E-state index in [0.29, 0.717) is 12.8 Å². The van der Waals surface area contributed by atoms with E-state index in [-0.39, 0.29) is 0 Å². The van der Waals surface area contributed by atoms with Crippen molar-refractivity contribution in [2.45, 2.75) is 57.2 Å². The summed E-state index contributed by atoms with van der Waals surface area (Å²) < 4.78 is 13.1. The third-order valence-electron chi connectivity index (χ3n) is 4.18. The number of piperidine rings is 1. The molecule has 3 rings (SSSR count). The number of alkyl halides is 1. The third-order valence-corrected chi connectivity index (χ3v) is 5.23. The maximum atomic E-state index is 13.1. The predicted molar refractivity (Wildman–Crippen MR) is 72.7 cm³/mol. The molecule has 1 saturated carbocycles. The van der Waals surface area contributed by atoms with Gasteiger partial charge in [-0.15, -0.1) is 11.3 Å². The van der Waals surface area contributed by atoms with Crippen LogP contribution in [0.25, 0.3) is 0 Å². The summed E-state index contributed by atoms with van der Waals surface area (Å²) in [6, 6.07) is 0. The zero-order valence-electron chi connectivity index (χ0n) is 10.8. The first kappa shape index (κ1) is 12.5. The normalized spacial score (nSPS) is 23.8. The van der Waals surface area contributed by atoms with Gasteiger partial charge in [0.1, 0.15) is 6.17 Å². The Morgan fingerprint density at radius 1 is 1.22 bits per heavy atom. The molecule has 1 aliphatic heterocycles. The summed E-state index contributed by atoms with van der Waals surface area (Å²) >= 11 is 1.82. The molecule has 0 spiro atoms. The lowest BCUT2D eigenvalue weighted by Gasteiger charge is -2.27. The minimum Gasteiger partial charge on any atom is -0.297 e. The molecule has 0 unspecified atom stereocenters. The highest BCUT2D eigenvalue weighted by molar-refractivity contribution is 7.09. The molecular weight excluding hydrogens is 247 g/mol. The van der Waals surface area contributed by atoms with Crippen molar-refractivity contribution >= 4 is 11.3 Å². The second-order valence-corrected chi connectivity index (χ2v) is 6.50. The summed E-state index contributed by atoms with van der Waals surface area (Å²) in [5, 5.41) is 3.54. The van der Waals surface area contributed by atoms with Gasteiger partial charge in [-0.25, -0.2) is 9.37 Å². The van der Waals surface area contributed by atoms with E-state index in [1.54, 1.807) is 0 Å². The minimum absolute atomic E-state index is 0.578. The second kappa shape index (κ2) is 5.66. The van der Waals surface area contributed by atoms with Crippen molar-refractivity contribution in [1.29, 1.82) is 0 Å². The van der Waals surface area contributed by atoms with Gasteiger partial charge in [-0.2, -0.15) is 0 Å². The summed E-state index contributed by atoms with van der Waals surface area (Å²) in [6.07, 6.45) is 6.18. The molecule has 0 N–H and O–H groups in total. The van der Waals surface area contributed by atoms with Crippen LogP contribution in [0, 0.1) is 0 Å². The van der Waals surface area contributed by atoms with E-state index < -0.39 is 6.17 Å². The summed E-state index contributed by atoms with van der Waals surface area (Å²) in [5.41, 5.74) is 1.19. The average Bonchev–Trinajstić information content (AvgIpc) is 3.02. The standard InChI is InChI=1S/C14H21FN2S/c15-12-5-7-17(8-6-12)9-13-10-18-14(16-13)11-3-1-2-4-11/h10-12H,1-9H2. The van der Waals surface area contributed by atoms with E-state index in [2.05, 4.69) is 10.3 Å². The van der Waals surface area contributed by atoms with Crippen LogP contribution in [-0.4, -0.2) is 29.1 Å². The molecule has 1 saturated heterocycles. The van der Waals surface area contributed by atoms with Gasteiger partial charge in [0.15, 0.2) is 0 Å². The average molecular weight is 268 g/mol. The van der Waals surface area contributed by atoms with Crippen LogP contribution in [0.5, 0.6) is 0 Å². The SMILES string of the molecule is FC1CCN(Cc2csc(C3CCCC3)n2)CC1. The van der Waals surface area contributed by atoms with Gasteiger partial charge in [-0.05, 0) is 25.7 Å². The maximum Gasteiger partial charge on any atom is 0.103 e. The van der Waals surface area contributed by atoms with Crippen LogP contribution in [-0.2, 0) is 6.54 Å². The number of halogens is 1. The lowest BCUT2D eigenvalue weighted by atomic mass is 10.1. The number of thiazole rings is 1. The van der Waals surface area contributed by atoms with Gasteiger partial charge in [-0.1, -0.05) is 12.8 Å². The van der Waals surface area contributed by atoms with Gasteiger partial charge in [0.2, 0.25) is 0 Å². The molecule has 2 nitrogen and oxygen atoms in total. The molecule has 0 atom stereocenters. The fourth-order valence-corrected chi connectivity index (χ4v) is 4.03. The van der Waals surface area contributed by atoms with Crippen molar-refractivity contribution < 1.29 is 4.39 Å². The molecule has 2 aliphatic rings. The first-order chi connectivity index (χ1) is 8.81. The first-order valence-corrected chi connectivity index (χ1v) is 8.00. The monoisotopic (exact) mass is 268 g/mol. The molecule has 2 heterocycles. The fourth-order valence-electron chi connectivity index (χ4n) is 3.04. The fraction of sp³-hybridized carbons (Fsp3) is 0.786. The molecule has 18 heavy (non-hydrogen) atoms. The van der Waals surface area contributed by atoms with Crippen LogP contribution in [0.15, 0.2) is 5.38 Å². The summed E-state index contributed by atoms with van der Waals surface area (Å²) in [5.74, 6) is 0.723. The van der Waals surface area contributed by atoms with Crippen molar-refractivity contribution in [2.24, 2.45) is 0 Å². The molecule has 0 radical (unpaired) electrons. The van der Waals surface area contributed by atoms with E-state index in [1.807, 2.05) is 11.3 Å². The quantitative estimate of drug-likeness (QED) is 0.830. The van der Waals surface area contributed by atoms with Crippen molar-refractivity contribution in [3.8, 4) is 0 Å². The smallest absolute Gasteiger partial charge is 0.103 e. The van der Waals surface area contributed by atoms with Gasteiger partial charge in [0.25, 0.3) is 0 Å². The second-order valence-electron chi connectivity index (χ2n) is 5.61. The molecule has 1 aliphatic carbocycles. The molecule has 100 valence electrons. The van der Waals surface area contributed by atoms with E-state index >= 15 is 0 Å². The van der Waals surface area contributed by atoms with E-state index in [4.69, 9.17) is 4.98 Å². The van der Waals surface area contributed by atoms with Crippen LogP contribution in [0.1, 0.15) is 55.1 Å². The Hall–Kier alpha value is -0.480. The predicted octanol–water partition coefficient (Wildman–Crippen LogP) is 3.73. The molecule has 4 heteroatoms. The lowest BCUT2D eigenvalue weighted by Crippen LogP contribution is -2.33. The summed E-state index contributed by atoms with van der Waals surface area (Å²) in [7, 11) is 0. The molecule has 1 aromatic heterocycles. The highest BCUT2D eigenvalue weighted by Gasteiger charge is 2.22. The summed E-state index contributed by atoms with van der Waals surface area (Å²) in [6.45, 7) is 2.69. The van der Waals surface area contributed by atoms with Crippen LogP contribution >= 0.6 is 11.3 Å². The third kappa shape index (κ3) is 2.91. The van der Waals surface area contributed by atoms with Gasteiger partial charge in [-0.3, -0.25) is 4.90 Å². The molecular formula is C14H21FN2S. The lowest BCUT2D eigenvalue weighted by molar-refractivity contribution is 0.144. The van der Waals surface area contributed by atoms with Crippen molar-refractivity contribution in [2.75, 3.05) is 13.1 Å². The molecule has 0 bridgehead atoms. The molecule has 0 amide bonds. The number of likely N-dealkylation sites (tertiary alicyclic amines) is 1. The first-order valence-electron chi connectivity index (χ1n) is 7.12. The number of nitrogens with zero attached hydrogens (tertiary/aromatic N) is 2. The number of hydrogen-bond donors (Lipinski definition) is 0. The van der Waals surface area contributed by atoms with Crippen molar-refractivity contribution in [1.82, 2.24) is 9.88 Å². The zero-order chi connectivity index (χ0) is 12.4. The van der Waals surface area contributed by atoms with Crippen molar-refractivity contribution in [3.05, 3.63) is 16.1 Å². The van der Waals surface area contributed by atoms with Crippen LogP contribution in [0.3, 0.4) is 0 Å². The number of rotatable bonds is 3. The maximum absolute atomic E-state index is 13.1. The summed E-state index contributed by atoms with van der Waals surface area (Å²) in [4.78, 5) is 7.13. The van der Waals surface area contributed by atoms with Crippen LogP contribution in [0.2, 0.25) is 0 Å². The van der Waals surface area contributed by atoms with Crippen LogP contribution in [0.4, 0.5) is 4.39 Å². The number of aromatic nitrogens is 1. The highest BCUT2D eigenvalue weighted by Crippen LogP contribution is 2.35. The Bertz CT molecular complexity index is 379. The minimum atomic E-state index is -0.578. The Morgan fingerprint density at radius 3 is 2.67 bits per heavy atom. The Kier molecular flexibility index (Phi) is 3.94. The Labute approximate surface area is 112 Å². The van der Waals surface area contributed by atoms with Gasteiger partial charge < -0.3 is 0 Å². The topological polar surface area (TPSA) is 16.1 Å². The molecule has 2 fully saturated rings. The van der Waals surface area contributed by atoms with Gasteiger partial charge in [0.05, 0.1) is 10.7 Å². The van der Waals surface area contributed by atoms with E-state index in [1.165, 1.54) is 36.4 Å². The largest absolute Gasteiger partial charge is 0.297 e. The molecule has 0 aromatic carbocycles.